The minimum absolute atomic E-state index is 0. The average Bonchev–Trinajstić information content (AvgIpc) is 3.28. The lowest BCUT2D eigenvalue weighted by Crippen LogP contribution is -2.40. The first kappa shape index (κ1) is 16.8. The fourth-order valence-corrected chi connectivity index (χ4v) is 2.11. The Balaban J connectivity index is 0.00000200. The molecule has 4 nitrogen and oxygen atoms in total. The van der Waals surface area contributed by atoms with Gasteiger partial charge in [-0.15, -0.1) is 12.4 Å². The van der Waals surface area contributed by atoms with Crippen LogP contribution < -0.4 is 15.8 Å². The minimum Gasteiger partial charge on any atom is -0.497 e. The molecule has 1 amide bonds. The molecule has 20 heavy (non-hydrogen) atoms. The van der Waals surface area contributed by atoms with Gasteiger partial charge in [-0.2, -0.15) is 0 Å². The zero-order valence-corrected chi connectivity index (χ0v) is 12.8. The summed E-state index contributed by atoms with van der Waals surface area (Å²) in [6.45, 7) is 2.48. The van der Waals surface area contributed by atoms with E-state index in [1.807, 2.05) is 31.2 Å². The second-order valence-electron chi connectivity index (χ2n) is 5.24. The largest absolute Gasteiger partial charge is 0.497 e. The van der Waals surface area contributed by atoms with Crippen LogP contribution in [0, 0.1) is 5.92 Å². The molecule has 0 aromatic heterocycles. The van der Waals surface area contributed by atoms with Crippen LogP contribution in [0.3, 0.4) is 0 Å². The molecule has 0 radical (unpaired) electrons. The molecule has 0 spiro atoms. The van der Waals surface area contributed by atoms with Crippen molar-refractivity contribution in [2.45, 2.75) is 31.7 Å². The summed E-state index contributed by atoms with van der Waals surface area (Å²) >= 11 is 0. The van der Waals surface area contributed by atoms with Gasteiger partial charge in [-0.3, -0.25) is 4.79 Å². The molecule has 5 heteroatoms. The molecule has 1 aromatic rings. The number of benzene rings is 1. The zero-order chi connectivity index (χ0) is 13.8. The van der Waals surface area contributed by atoms with E-state index in [9.17, 15) is 4.79 Å². The Morgan fingerprint density at radius 1 is 1.40 bits per heavy atom. The van der Waals surface area contributed by atoms with Crippen LogP contribution in [0.4, 0.5) is 0 Å². The van der Waals surface area contributed by atoms with Gasteiger partial charge in [0.15, 0.2) is 0 Å². The highest BCUT2D eigenvalue weighted by Gasteiger charge is 2.28. The molecule has 0 bridgehead atoms. The van der Waals surface area contributed by atoms with Crippen molar-refractivity contribution < 1.29 is 9.53 Å². The summed E-state index contributed by atoms with van der Waals surface area (Å²) < 4.78 is 5.10. The van der Waals surface area contributed by atoms with E-state index >= 15 is 0 Å². The summed E-state index contributed by atoms with van der Waals surface area (Å²) in [7, 11) is 1.63. The SMILES string of the molecule is COc1ccc(C(C)C(=O)NCC(N)C2CC2)cc1.Cl. The van der Waals surface area contributed by atoms with Gasteiger partial charge in [-0.05, 0) is 43.4 Å². The van der Waals surface area contributed by atoms with Gasteiger partial charge in [-0.25, -0.2) is 0 Å². The molecule has 1 aliphatic rings. The first-order valence-corrected chi connectivity index (χ1v) is 6.79. The molecule has 0 heterocycles. The predicted octanol–water partition coefficient (Wildman–Crippen LogP) is 2.07. The van der Waals surface area contributed by atoms with E-state index in [2.05, 4.69) is 5.32 Å². The Labute approximate surface area is 126 Å². The number of methoxy groups -OCH3 is 1. The standard InChI is InChI=1S/C15H22N2O2.ClH/c1-10(11-5-7-13(19-2)8-6-11)15(18)17-9-14(16)12-3-4-12;/h5-8,10,12,14H,3-4,9,16H2,1-2H3,(H,17,18);1H. The van der Waals surface area contributed by atoms with Crippen LogP contribution in [0.5, 0.6) is 5.75 Å². The molecule has 3 N–H and O–H groups in total. The lowest BCUT2D eigenvalue weighted by molar-refractivity contribution is -0.122. The summed E-state index contributed by atoms with van der Waals surface area (Å²) in [5.41, 5.74) is 6.96. The minimum atomic E-state index is -0.169. The van der Waals surface area contributed by atoms with Crippen LogP contribution in [-0.2, 0) is 4.79 Å². The molecule has 2 atom stereocenters. The molecule has 0 aliphatic heterocycles. The molecule has 1 aliphatic carbocycles. The Morgan fingerprint density at radius 2 is 2.00 bits per heavy atom. The topological polar surface area (TPSA) is 64.3 Å². The third-order valence-corrected chi connectivity index (χ3v) is 3.75. The summed E-state index contributed by atoms with van der Waals surface area (Å²) in [6, 6.07) is 7.68. The third kappa shape index (κ3) is 4.39. The Kier molecular flexibility index (Phi) is 6.30. The molecular formula is C15H23ClN2O2. The van der Waals surface area contributed by atoms with Crippen LogP contribution >= 0.6 is 12.4 Å². The average molecular weight is 299 g/mol. The number of carbonyl (C=O) groups excluding carboxylic acids is 1. The fourth-order valence-electron chi connectivity index (χ4n) is 2.11. The molecule has 0 saturated heterocycles. The van der Waals surface area contributed by atoms with Crippen molar-refractivity contribution in [3.05, 3.63) is 29.8 Å². The van der Waals surface area contributed by atoms with Gasteiger partial charge in [-0.1, -0.05) is 12.1 Å². The number of halogens is 1. The van der Waals surface area contributed by atoms with E-state index in [-0.39, 0.29) is 30.3 Å². The van der Waals surface area contributed by atoms with Crippen LogP contribution in [0.25, 0.3) is 0 Å². The number of hydrogen-bond acceptors (Lipinski definition) is 3. The maximum absolute atomic E-state index is 12.0. The maximum Gasteiger partial charge on any atom is 0.227 e. The molecule has 2 unspecified atom stereocenters. The number of hydrogen-bond donors (Lipinski definition) is 2. The van der Waals surface area contributed by atoms with Crippen molar-refractivity contribution >= 4 is 18.3 Å². The summed E-state index contributed by atoms with van der Waals surface area (Å²) in [5.74, 6) is 1.27. The van der Waals surface area contributed by atoms with Gasteiger partial charge in [0.2, 0.25) is 5.91 Å². The van der Waals surface area contributed by atoms with Crippen molar-refractivity contribution in [2.24, 2.45) is 11.7 Å². The number of nitrogens with two attached hydrogens (primary N) is 1. The lowest BCUT2D eigenvalue weighted by Gasteiger charge is -2.16. The Bertz CT molecular complexity index is 432. The van der Waals surface area contributed by atoms with Gasteiger partial charge >= 0.3 is 0 Å². The van der Waals surface area contributed by atoms with Crippen LogP contribution in [0.1, 0.15) is 31.2 Å². The second kappa shape index (κ2) is 7.50. The van der Waals surface area contributed by atoms with Crippen molar-refractivity contribution in [3.8, 4) is 5.75 Å². The summed E-state index contributed by atoms with van der Waals surface area (Å²) in [4.78, 5) is 12.0. The van der Waals surface area contributed by atoms with E-state index in [0.717, 1.165) is 11.3 Å². The smallest absolute Gasteiger partial charge is 0.227 e. The number of amides is 1. The summed E-state index contributed by atoms with van der Waals surface area (Å²) in [5, 5.41) is 2.94. The van der Waals surface area contributed by atoms with E-state index in [1.54, 1.807) is 7.11 Å². The van der Waals surface area contributed by atoms with Crippen molar-refractivity contribution in [1.29, 1.82) is 0 Å². The maximum atomic E-state index is 12.0. The van der Waals surface area contributed by atoms with Gasteiger partial charge < -0.3 is 15.8 Å². The monoisotopic (exact) mass is 298 g/mol. The van der Waals surface area contributed by atoms with Crippen LogP contribution in [-0.4, -0.2) is 25.6 Å². The number of rotatable bonds is 6. The Hall–Kier alpha value is -1.26. The highest BCUT2D eigenvalue weighted by molar-refractivity contribution is 5.85. The quantitative estimate of drug-likeness (QED) is 0.845. The van der Waals surface area contributed by atoms with Crippen molar-refractivity contribution in [2.75, 3.05) is 13.7 Å². The number of ether oxygens (including phenoxy) is 1. The van der Waals surface area contributed by atoms with Crippen molar-refractivity contribution in [1.82, 2.24) is 5.32 Å². The fraction of sp³-hybridized carbons (Fsp3) is 0.533. The highest BCUT2D eigenvalue weighted by atomic mass is 35.5. The van der Waals surface area contributed by atoms with Gasteiger partial charge in [0, 0.05) is 12.6 Å². The van der Waals surface area contributed by atoms with E-state index in [0.29, 0.717) is 12.5 Å². The van der Waals surface area contributed by atoms with Gasteiger partial charge in [0.25, 0.3) is 0 Å². The van der Waals surface area contributed by atoms with E-state index in [4.69, 9.17) is 10.5 Å². The Morgan fingerprint density at radius 3 is 2.50 bits per heavy atom. The summed E-state index contributed by atoms with van der Waals surface area (Å²) in [6.07, 6.45) is 2.40. The van der Waals surface area contributed by atoms with Gasteiger partial charge in [0.1, 0.15) is 5.75 Å². The molecule has 1 saturated carbocycles. The molecular weight excluding hydrogens is 276 g/mol. The lowest BCUT2D eigenvalue weighted by atomic mass is 10.00. The number of nitrogens with one attached hydrogen (secondary N) is 1. The normalized spacial score (nSPS) is 16.8. The molecule has 112 valence electrons. The van der Waals surface area contributed by atoms with E-state index < -0.39 is 0 Å². The highest BCUT2D eigenvalue weighted by Crippen LogP contribution is 2.31. The van der Waals surface area contributed by atoms with E-state index in [1.165, 1.54) is 12.8 Å². The number of carbonyl (C=O) groups is 1. The first-order valence-electron chi connectivity index (χ1n) is 6.79. The third-order valence-electron chi connectivity index (χ3n) is 3.75. The van der Waals surface area contributed by atoms with Crippen LogP contribution in [0.15, 0.2) is 24.3 Å². The molecule has 1 aromatic carbocycles. The molecule has 1 fully saturated rings. The molecule has 2 rings (SSSR count). The van der Waals surface area contributed by atoms with Crippen LogP contribution in [0.2, 0.25) is 0 Å². The predicted molar refractivity (Wildman–Crippen MR) is 82.4 cm³/mol. The first-order chi connectivity index (χ1) is 9.11. The van der Waals surface area contributed by atoms with Crippen molar-refractivity contribution in [3.63, 3.8) is 0 Å². The zero-order valence-electron chi connectivity index (χ0n) is 12.0. The van der Waals surface area contributed by atoms with Gasteiger partial charge in [0.05, 0.1) is 13.0 Å². The second-order valence-corrected chi connectivity index (χ2v) is 5.24.